The first kappa shape index (κ1) is 8.14. The molecular weight excluding hydrogens is 118 g/mol. The quantitative estimate of drug-likeness (QED) is 0.569. The van der Waals surface area contributed by atoms with Crippen molar-refractivity contribution in [1.82, 2.24) is 0 Å². The van der Waals surface area contributed by atoms with Crippen molar-refractivity contribution in [2.24, 2.45) is 5.73 Å². The van der Waals surface area contributed by atoms with E-state index in [0.29, 0.717) is 0 Å². The van der Waals surface area contributed by atoms with E-state index in [4.69, 9.17) is 10.2 Å². The lowest BCUT2D eigenvalue weighted by Gasteiger charge is -2.02. The van der Waals surface area contributed by atoms with Crippen molar-refractivity contribution in [3.8, 4) is 0 Å². The lowest BCUT2D eigenvalue weighted by molar-refractivity contribution is 0.422. The molecule has 0 bridgehead atoms. The highest BCUT2D eigenvalue weighted by atomic mass is 28.3. The molecule has 0 spiro atoms. The highest BCUT2D eigenvalue weighted by Gasteiger charge is 1.99. The summed E-state index contributed by atoms with van der Waals surface area (Å²) in [6.45, 7) is 2.95. The second-order valence-electron chi connectivity index (χ2n) is 1.80. The van der Waals surface area contributed by atoms with Crippen LogP contribution < -0.4 is 5.73 Å². The zero-order valence-electron chi connectivity index (χ0n) is 5.61. The summed E-state index contributed by atoms with van der Waals surface area (Å²) in [6.07, 6.45) is 1.11. The zero-order valence-corrected chi connectivity index (χ0v) is 6.61. The van der Waals surface area contributed by atoms with Gasteiger partial charge in [0.15, 0.2) is 0 Å². The van der Waals surface area contributed by atoms with E-state index >= 15 is 0 Å². The molecule has 0 aromatic carbocycles. The molecule has 0 aliphatic carbocycles. The minimum Gasteiger partial charge on any atom is -0.420 e. The lowest BCUT2D eigenvalue weighted by Crippen LogP contribution is -2.12. The molecular formula is C5H14NOSi. The SMILES string of the molecule is CO[Si](C)CCCN. The smallest absolute Gasteiger partial charge is 0.207 e. The maximum atomic E-state index is 5.29. The second-order valence-corrected chi connectivity index (χ2v) is 4.11. The highest BCUT2D eigenvalue weighted by molar-refractivity contribution is 6.50. The fourth-order valence-corrected chi connectivity index (χ4v) is 1.36. The third-order valence-electron chi connectivity index (χ3n) is 1.08. The van der Waals surface area contributed by atoms with Gasteiger partial charge in [-0.25, -0.2) is 0 Å². The van der Waals surface area contributed by atoms with Crippen molar-refractivity contribution in [1.29, 1.82) is 0 Å². The number of nitrogens with two attached hydrogens (primary N) is 1. The van der Waals surface area contributed by atoms with Gasteiger partial charge in [0.2, 0.25) is 9.04 Å². The molecule has 0 aliphatic rings. The van der Waals surface area contributed by atoms with Crippen LogP contribution in [0.15, 0.2) is 0 Å². The van der Waals surface area contributed by atoms with Crippen LogP contribution in [0.3, 0.4) is 0 Å². The molecule has 0 saturated carbocycles. The van der Waals surface area contributed by atoms with Gasteiger partial charge >= 0.3 is 0 Å². The van der Waals surface area contributed by atoms with Crippen LogP contribution in [0.2, 0.25) is 12.6 Å². The van der Waals surface area contributed by atoms with Crippen LogP contribution in [0.1, 0.15) is 6.42 Å². The van der Waals surface area contributed by atoms with E-state index in [2.05, 4.69) is 6.55 Å². The molecule has 3 heteroatoms. The molecule has 0 atom stereocenters. The third kappa shape index (κ3) is 4.30. The Labute approximate surface area is 52.8 Å². The summed E-state index contributed by atoms with van der Waals surface area (Å²) in [4.78, 5) is 0. The summed E-state index contributed by atoms with van der Waals surface area (Å²) in [5.41, 5.74) is 5.29. The van der Waals surface area contributed by atoms with Gasteiger partial charge in [0, 0.05) is 7.11 Å². The van der Waals surface area contributed by atoms with Crippen molar-refractivity contribution in [2.75, 3.05) is 13.7 Å². The molecule has 0 aromatic heterocycles. The predicted octanol–water partition coefficient (Wildman–Crippen LogP) is 0.603. The molecule has 0 amide bonds. The van der Waals surface area contributed by atoms with Gasteiger partial charge < -0.3 is 10.2 Å². The minimum absolute atomic E-state index is 0.472. The summed E-state index contributed by atoms with van der Waals surface area (Å²) < 4.78 is 5.10. The molecule has 0 fully saturated rings. The van der Waals surface area contributed by atoms with Crippen molar-refractivity contribution in [3.05, 3.63) is 0 Å². The largest absolute Gasteiger partial charge is 0.420 e. The fourth-order valence-electron chi connectivity index (χ4n) is 0.453. The Morgan fingerprint density at radius 1 is 1.62 bits per heavy atom. The first-order valence-corrected chi connectivity index (χ1v) is 4.99. The normalized spacial score (nSPS) is 10.5. The molecule has 1 radical (unpaired) electrons. The van der Waals surface area contributed by atoms with Gasteiger partial charge in [-0.1, -0.05) is 0 Å². The van der Waals surface area contributed by atoms with Gasteiger partial charge in [-0.3, -0.25) is 0 Å². The van der Waals surface area contributed by atoms with Crippen LogP contribution in [0.25, 0.3) is 0 Å². The third-order valence-corrected chi connectivity index (χ3v) is 2.84. The summed E-state index contributed by atoms with van der Waals surface area (Å²) in [6, 6.07) is 1.18. The summed E-state index contributed by atoms with van der Waals surface area (Å²) in [7, 11) is 1.30. The van der Waals surface area contributed by atoms with Gasteiger partial charge in [-0.05, 0) is 25.6 Å². The van der Waals surface area contributed by atoms with E-state index < -0.39 is 9.04 Å². The first-order chi connectivity index (χ1) is 3.81. The molecule has 8 heavy (non-hydrogen) atoms. The maximum Gasteiger partial charge on any atom is 0.207 e. The number of rotatable bonds is 4. The minimum atomic E-state index is -0.472. The molecule has 0 saturated heterocycles. The van der Waals surface area contributed by atoms with Crippen LogP contribution in [-0.2, 0) is 4.43 Å². The van der Waals surface area contributed by atoms with E-state index in [9.17, 15) is 0 Å². The molecule has 0 heterocycles. The first-order valence-electron chi connectivity index (χ1n) is 2.87. The maximum absolute atomic E-state index is 5.29. The predicted molar refractivity (Wildman–Crippen MR) is 37.1 cm³/mol. The molecule has 2 nitrogen and oxygen atoms in total. The van der Waals surface area contributed by atoms with Crippen LogP contribution in [0, 0.1) is 0 Å². The van der Waals surface area contributed by atoms with Gasteiger partial charge in [0.05, 0.1) is 0 Å². The zero-order chi connectivity index (χ0) is 6.41. The van der Waals surface area contributed by atoms with Crippen molar-refractivity contribution in [3.63, 3.8) is 0 Å². The van der Waals surface area contributed by atoms with E-state index in [-0.39, 0.29) is 0 Å². The molecule has 49 valence electrons. The van der Waals surface area contributed by atoms with E-state index in [0.717, 1.165) is 13.0 Å². The van der Waals surface area contributed by atoms with Crippen molar-refractivity contribution in [2.45, 2.75) is 19.0 Å². The number of hydrogen-bond acceptors (Lipinski definition) is 2. The van der Waals surface area contributed by atoms with Crippen LogP contribution in [-0.4, -0.2) is 22.7 Å². The van der Waals surface area contributed by atoms with Crippen LogP contribution in [0.4, 0.5) is 0 Å². The van der Waals surface area contributed by atoms with Crippen LogP contribution in [0.5, 0.6) is 0 Å². The monoisotopic (exact) mass is 132 g/mol. The Bertz CT molecular complexity index is 51.7. The Balaban J connectivity index is 2.86. The van der Waals surface area contributed by atoms with Crippen LogP contribution >= 0.6 is 0 Å². The fraction of sp³-hybridized carbons (Fsp3) is 1.00. The topological polar surface area (TPSA) is 35.2 Å². The summed E-state index contributed by atoms with van der Waals surface area (Å²) in [5, 5.41) is 0. The lowest BCUT2D eigenvalue weighted by atomic mass is 10.5. The number of hydrogen-bond donors (Lipinski definition) is 1. The van der Waals surface area contributed by atoms with Gasteiger partial charge in [-0.15, -0.1) is 0 Å². The molecule has 0 unspecified atom stereocenters. The molecule has 2 N–H and O–H groups in total. The Morgan fingerprint density at radius 2 is 2.25 bits per heavy atom. The average Bonchev–Trinajstić information content (AvgIpc) is 1.83. The van der Waals surface area contributed by atoms with Gasteiger partial charge in [-0.2, -0.15) is 0 Å². The highest BCUT2D eigenvalue weighted by Crippen LogP contribution is 1.94. The molecule has 0 rings (SSSR count). The summed E-state index contributed by atoms with van der Waals surface area (Å²) in [5.74, 6) is 0. The Morgan fingerprint density at radius 3 is 2.62 bits per heavy atom. The van der Waals surface area contributed by atoms with E-state index in [1.807, 2.05) is 0 Å². The van der Waals surface area contributed by atoms with Crippen molar-refractivity contribution < 1.29 is 4.43 Å². The molecule has 0 aromatic rings. The Kier molecular flexibility index (Phi) is 5.37. The van der Waals surface area contributed by atoms with Gasteiger partial charge in [0.1, 0.15) is 0 Å². The van der Waals surface area contributed by atoms with E-state index in [1.165, 1.54) is 6.04 Å². The average molecular weight is 132 g/mol. The summed E-state index contributed by atoms with van der Waals surface area (Å²) >= 11 is 0. The van der Waals surface area contributed by atoms with Crippen molar-refractivity contribution >= 4 is 9.04 Å². The standard InChI is InChI=1S/C5H14NOSi/c1-7-8(2)5-3-4-6/h3-6H2,1-2H3. The van der Waals surface area contributed by atoms with Gasteiger partial charge in [0.25, 0.3) is 0 Å². The molecule has 0 aliphatic heterocycles. The Hall–Kier alpha value is 0.137. The second kappa shape index (κ2) is 5.28. The van der Waals surface area contributed by atoms with E-state index in [1.54, 1.807) is 7.11 Å².